The van der Waals surface area contributed by atoms with E-state index in [-0.39, 0.29) is 36.6 Å². The Balaban J connectivity index is 1.13. The molecule has 0 bridgehead atoms. The Morgan fingerprint density at radius 2 is 1.09 bits per heavy atom. The topological polar surface area (TPSA) is 158 Å². The first-order chi connectivity index (χ1) is 25.6. The van der Waals surface area contributed by atoms with Gasteiger partial charge in [0.05, 0.1) is 25.6 Å². The number of nitrogens with zero attached hydrogens (tertiary/aromatic N) is 1. The fourth-order valence-electron chi connectivity index (χ4n) is 5.02. The van der Waals surface area contributed by atoms with Crippen molar-refractivity contribution in [2.24, 2.45) is 0 Å². The van der Waals surface area contributed by atoms with Gasteiger partial charge in [0.25, 0.3) is 11.8 Å². The molecule has 0 aliphatic carbocycles. The van der Waals surface area contributed by atoms with Gasteiger partial charge in [-0.05, 0) is 91.7 Å². The molecule has 0 aliphatic heterocycles. The van der Waals surface area contributed by atoms with Crippen LogP contribution in [-0.2, 0) is 9.59 Å². The largest absolute Gasteiger partial charge is 0.493 e. The number of anilines is 2. The number of H-pyrrole nitrogens is 1. The van der Waals surface area contributed by atoms with Crippen LogP contribution in [0.4, 0.5) is 11.4 Å². The van der Waals surface area contributed by atoms with E-state index in [1.807, 2.05) is 42.5 Å². The molecule has 1 heterocycles. The number of carbonyl (C=O) groups is 4. The number of Topliss-reactive ketones (excluding diaryl/α,β-unsaturated/α-hetero) is 2. The molecule has 4 aromatic carbocycles. The number of aromatic amines is 1. The van der Waals surface area contributed by atoms with E-state index in [0.717, 1.165) is 16.8 Å². The number of aromatic nitrogens is 2. The van der Waals surface area contributed by atoms with Gasteiger partial charge in [0, 0.05) is 22.5 Å². The number of ether oxygens (including phenoxy) is 4. The standard InChI is InChI=1S/C41H38N4O8/c1-26(46)30-7-5-9-32(21-30)42-40(48)24-52-36-17-13-28(19-38(36)50-3)11-15-34-23-35(45-44-34)16-12-29-14-18-37(39(20-29)51-4)53-25-41(49)43-33-10-6-8-31(22-33)27(2)47/h5-23H,24-25H2,1-4H3,(H,42,48)(H,43,49)(H,44,45)/b15-11+,16-12+. The van der Waals surface area contributed by atoms with Crippen molar-refractivity contribution in [3.05, 3.63) is 125 Å². The number of ketones is 2. The van der Waals surface area contributed by atoms with Gasteiger partial charge in [-0.1, -0.05) is 48.6 Å². The zero-order valence-corrected chi connectivity index (χ0v) is 29.6. The first-order valence-electron chi connectivity index (χ1n) is 16.4. The number of amides is 2. The zero-order valence-electron chi connectivity index (χ0n) is 29.6. The molecule has 3 N–H and O–H groups in total. The third-order valence-electron chi connectivity index (χ3n) is 7.72. The van der Waals surface area contributed by atoms with Crippen LogP contribution in [-0.4, -0.2) is 61.0 Å². The minimum absolute atomic E-state index is 0.0914. The number of methoxy groups -OCH3 is 2. The Morgan fingerprint density at radius 3 is 1.57 bits per heavy atom. The lowest BCUT2D eigenvalue weighted by Crippen LogP contribution is -2.20. The minimum Gasteiger partial charge on any atom is -0.493 e. The molecule has 0 aliphatic rings. The molecule has 5 aromatic rings. The number of hydrogen-bond donors (Lipinski definition) is 3. The first-order valence-corrected chi connectivity index (χ1v) is 16.4. The summed E-state index contributed by atoms with van der Waals surface area (Å²) in [7, 11) is 3.04. The maximum absolute atomic E-state index is 12.5. The summed E-state index contributed by atoms with van der Waals surface area (Å²) in [5.41, 5.74) is 5.14. The third-order valence-corrected chi connectivity index (χ3v) is 7.72. The van der Waals surface area contributed by atoms with Crippen molar-refractivity contribution in [1.29, 1.82) is 0 Å². The molecular formula is C41H38N4O8. The molecule has 0 atom stereocenters. The lowest BCUT2D eigenvalue weighted by Gasteiger charge is -2.12. The van der Waals surface area contributed by atoms with Crippen molar-refractivity contribution in [2.75, 3.05) is 38.1 Å². The highest BCUT2D eigenvalue weighted by Gasteiger charge is 2.12. The minimum atomic E-state index is -0.377. The van der Waals surface area contributed by atoms with Gasteiger partial charge in [0.1, 0.15) is 0 Å². The highest BCUT2D eigenvalue weighted by atomic mass is 16.5. The maximum atomic E-state index is 12.5. The van der Waals surface area contributed by atoms with Gasteiger partial charge < -0.3 is 29.6 Å². The van der Waals surface area contributed by atoms with Gasteiger partial charge in [0.2, 0.25) is 0 Å². The summed E-state index contributed by atoms with van der Waals surface area (Å²) in [6.07, 6.45) is 7.47. The van der Waals surface area contributed by atoms with E-state index in [2.05, 4.69) is 20.8 Å². The molecule has 0 saturated heterocycles. The van der Waals surface area contributed by atoms with E-state index in [4.69, 9.17) is 18.9 Å². The van der Waals surface area contributed by atoms with Crippen LogP contribution in [0.15, 0.2) is 91.0 Å². The SMILES string of the molecule is COc1cc(/C=C/c2cc(/C=C/c3ccc(OCC(=O)Nc4cccc(C(C)=O)c4)c(OC)c3)[nH]n2)ccc1OCC(=O)Nc1cccc(C(C)=O)c1. The van der Waals surface area contributed by atoms with Crippen LogP contribution in [0.1, 0.15) is 57.1 Å². The van der Waals surface area contributed by atoms with Crippen LogP contribution in [0, 0.1) is 0 Å². The normalized spacial score (nSPS) is 10.9. The van der Waals surface area contributed by atoms with E-state index in [9.17, 15) is 19.2 Å². The number of carbonyl (C=O) groups excluding carboxylic acids is 4. The molecular weight excluding hydrogens is 676 g/mol. The van der Waals surface area contributed by atoms with Crippen molar-refractivity contribution in [2.45, 2.75) is 13.8 Å². The van der Waals surface area contributed by atoms with Crippen molar-refractivity contribution in [3.63, 3.8) is 0 Å². The van der Waals surface area contributed by atoms with E-state index in [1.54, 1.807) is 72.8 Å². The van der Waals surface area contributed by atoms with Gasteiger partial charge in [-0.15, -0.1) is 0 Å². The summed E-state index contributed by atoms with van der Waals surface area (Å²) in [4.78, 5) is 48.2. The molecule has 270 valence electrons. The van der Waals surface area contributed by atoms with Crippen molar-refractivity contribution < 1.29 is 38.1 Å². The maximum Gasteiger partial charge on any atom is 0.262 e. The average Bonchev–Trinajstić information content (AvgIpc) is 3.62. The van der Waals surface area contributed by atoms with Gasteiger partial charge >= 0.3 is 0 Å². The van der Waals surface area contributed by atoms with Crippen LogP contribution in [0.5, 0.6) is 23.0 Å². The summed E-state index contributed by atoms with van der Waals surface area (Å²) in [5, 5.41) is 12.8. The zero-order chi connectivity index (χ0) is 37.7. The molecule has 5 rings (SSSR count). The summed E-state index contributed by atoms with van der Waals surface area (Å²) < 4.78 is 22.4. The van der Waals surface area contributed by atoms with Crippen LogP contribution >= 0.6 is 0 Å². The number of rotatable bonds is 16. The number of benzene rings is 4. The Morgan fingerprint density at radius 1 is 0.604 bits per heavy atom. The Bertz CT molecular complexity index is 2030. The van der Waals surface area contributed by atoms with Crippen LogP contribution < -0.4 is 29.6 Å². The summed E-state index contributed by atoms with van der Waals surface area (Å²) in [6.45, 7) is 2.44. The second-order valence-corrected chi connectivity index (χ2v) is 11.7. The highest BCUT2D eigenvalue weighted by molar-refractivity contribution is 5.98. The predicted molar refractivity (Wildman–Crippen MR) is 204 cm³/mol. The van der Waals surface area contributed by atoms with Crippen LogP contribution in [0.2, 0.25) is 0 Å². The van der Waals surface area contributed by atoms with Crippen molar-refractivity contribution in [3.8, 4) is 23.0 Å². The fraction of sp³-hybridized carbons (Fsp3) is 0.146. The second-order valence-electron chi connectivity index (χ2n) is 11.7. The molecule has 12 heteroatoms. The van der Waals surface area contributed by atoms with Gasteiger partial charge in [-0.2, -0.15) is 5.10 Å². The predicted octanol–water partition coefficient (Wildman–Crippen LogP) is 7.21. The molecule has 53 heavy (non-hydrogen) atoms. The van der Waals surface area contributed by atoms with E-state index >= 15 is 0 Å². The number of hydrogen-bond acceptors (Lipinski definition) is 9. The monoisotopic (exact) mass is 714 g/mol. The lowest BCUT2D eigenvalue weighted by atomic mass is 10.1. The quantitative estimate of drug-likeness (QED) is 0.0899. The molecule has 0 radical (unpaired) electrons. The number of nitrogens with one attached hydrogen (secondary N) is 3. The van der Waals surface area contributed by atoms with Crippen LogP contribution in [0.25, 0.3) is 24.3 Å². The van der Waals surface area contributed by atoms with Crippen molar-refractivity contribution >= 4 is 59.1 Å². The summed E-state index contributed by atoms with van der Waals surface area (Å²) in [5.74, 6) is 0.781. The Hall–Kier alpha value is -6.95. The first kappa shape index (κ1) is 37.3. The molecule has 0 saturated carbocycles. The van der Waals surface area contributed by atoms with Gasteiger partial charge in [-0.3, -0.25) is 24.3 Å². The molecule has 0 fully saturated rings. The smallest absolute Gasteiger partial charge is 0.262 e. The van der Waals surface area contributed by atoms with E-state index in [0.29, 0.717) is 51.2 Å². The van der Waals surface area contributed by atoms with Crippen LogP contribution in [0.3, 0.4) is 0 Å². The molecule has 12 nitrogen and oxygen atoms in total. The van der Waals surface area contributed by atoms with Gasteiger partial charge in [-0.25, -0.2) is 0 Å². The molecule has 0 unspecified atom stereocenters. The summed E-state index contributed by atoms with van der Waals surface area (Å²) in [6, 6.07) is 26.0. The molecule has 2 amide bonds. The Labute approximate surface area is 306 Å². The third kappa shape index (κ3) is 10.8. The van der Waals surface area contributed by atoms with E-state index < -0.39 is 0 Å². The van der Waals surface area contributed by atoms with E-state index in [1.165, 1.54) is 28.1 Å². The second kappa shape index (κ2) is 17.8. The molecule has 0 spiro atoms. The molecule has 1 aromatic heterocycles. The van der Waals surface area contributed by atoms with Crippen molar-refractivity contribution in [1.82, 2.24) is 10.2 Å². The summed E-state index contributed by atoms with van der Waals surface area (Å²) >= 11 is 0. The lowest BCUT2D eigenvalue weighted by molar-refractivity contribution is -0.118. The average molecular weight is 715 g/mol. The van der Waals surface area contributed by atoms with Gasteiger partial charge in [0.15, 0.2) is 47.8 Å². The Kier molecular flexibility index (Phi) is 12.5. The highest BCUT2D eigenvalue weighted by Crippen LogP contribution is 2.30. The fourth-order valence-corrected chi connectivity index (χ4v) is 5.02.